The van der Waals surface area contributed by atoms with E-state index in [2.05, 4.69) is 54.9 Å². The molecule has 4 nitrogen and oxygen atoms in total. The molecule has 1 aromatic rings. The monoisotopic (exact) mass is 298 g/mol. The van der Waals surface area contributed by atoms with Crippen molar-refractivity contribution in [1.29, 1.82) is 0 Å². The van der Waals surface area contributed by atoms with Crippen LogP contribution in [0.5, 0.6) is 0 Å². The van der Waals surface area contributed by atoms with Crippen LogP contribution in [0.25, 0.3) is 0 Å². The van der Waals surface area contributed by atoms with Gasteiger partial charge in [0.15, 0.2) is 0 Å². The van der Waals surface area contributed by atoms with E-state index in [1.165, 1.54) is 12.7 Å². The van der Waals surface area contributed by atoms with Crippen molar-refractivity contribution in [3.63, 3.8) is 0 Å². The fourth-order valence-corrected chi connectivity index (χ4v) is 2.33. The van der Waals surface area contributed by atoms with Crippen LogP contribution >= 0.6 is 11.6 Å². The van der Waals surface area contributed by atoms with Crippen LogP contribution in [0.15, 0.2) is 6.33 Å². The van der Waals surface area contributed by atoms with Crippen molar-refractivity contribution >= 4 is 17.4 Å². The Morgan fingerprint density at radius 1 is 1.20 bits per heavy atom. The third-order valence-corrected chi connectivity index (χ3v) is 3.83. The molecule has 0 aliphatic rings. The summed E-state index contributed by atoms with van der Waals surface area (Å²) in [5, 5.41) is 3.94. The molecule has 0 spiro atoms. The summed E-state index contributed by atoms with van der Waals surface area (Å²) >= 11 is 6.14. The number of unbranched alkanes of at least 4 members (excludes halogenated alkanes) is 1. The highest BCUT2D eigenvalue weighted by Gasteiger charge is 2.12. The van der Waals surface area contributed by atoms with E-state index in [1.54, 1.807) is 0 Å². The maximum Gasteiger partial charge on any atom is 0.138 e. The van der Waals surface area contributed by atoms with Crippen LogP contribution in [0.2, 0.25) is 5.15 Å². The van der Waals surface area contributed by atoms with E-state index in [-0.39, 0.29) is 0 Å². The van der Waals surface area contributed by atoms with Gasteiger partial charge in [0.05, 0.1) is 0 Å². The van der Waals surface area contributed by atoms with Crippen LogP contribution in [0.4, 0.5) is 5.82 Å². The number of halogens is 1. The van der Waals surface area contributed by atoms with Crippen molar-refractivity contribution in [2.75, 3.05) is 25.5 Å². The normalized spacial score (nSPS) is 11.7. The van der Waals surface area contributed by atoms with Gasteiger partial charge in [-0.25, -0.2) is 9.97 Å². The van der Waals surface area contributed by atoms with E-state index in [1.807, 2.05) is 0 Å². The average molecular weight is 299 g/mol. The molecule has 1 heterocycles. The van der Waals surface area contributed by atoms with E-state index in [4.69, 9.17) is 11.6 Å². The fraction of sp³-hybridized carbons (Fsp3) is 0.733. The summed E-state index contributed by atoms with van der Waals surface area (Å²) in [5.74, 6) is 1.19. The van der Waals surface area contributed by atoms with Gasteiger partial charge in [0.2, 0.25) is 0 Å². The van der Waals surface area contributed by atoms with Crippen LogP contribution < -0.4 is 5.32 Å². The number of anilines is 1. The molecular formula is C15H27ClN4. The van der Waals surface area contributed by atoms with Crippen molar-refractivity contribution in [3.05, 3.63) is 17.0 Å². The third-order valence-electron chi connectivity index (χ3n) is 3.52. The van der Waals surface area contributed by atoms with Gasteiger partial charge in [-0.1, -0.05) is 25.4 Å². The van der Waals surface area contributed by atoms with Crippen LogP contribution in [-0.4, -0.2) is 41.0 Å². The summed E-state index contributed by atoms with van der Waals surface area (Å²) in [6, 6.07) is 0.608. The summed E-state index contributed by atoms with van der Waals surface area (Å²) < 4.78 is 0. The van der Waals surface area contributed by atoms with E-state index < -0.39 is 0 Å². The molecule has 0 amide bonds. The average Bonchev–Trinajstić information content (AvgIpc) is 2.37. The molecule has 5 heteroatoms. The predicted octanol–water partition coefficient (Wildman–Crippen LogP) is 3.79. The molecule has 1 rings (SSSR count). The first-order valence-electron chi connectivity index (χ1n) is 7.38. The minimum Gasteiger partial charge on any atom is -0.370 e. The van der Waals surface area contributed by atoms with Crippen molar-refractivity contribution in [3.8, 4) is 0 Å². The number of hydrogen-bond donors (Lipinski definition) is 1. The Hall–Kier alpha value is -0.870. The van der Waals surface area contributed by atoms with E-state index >= 15 is 0 Å². The van der Waals surface area contributed by atoms with Gasteiger partial charge in [-0.3, -0.25) is 0 Å². The van der Waals surface area contributed by atoms with Gasteiger partial charge < -0.3 is 10.2 Å². The quantitative estimate of drug-likeness (QED) is 0.586. The van der Waals surface area contributed by atoms with Gasteiger partial charge in [-0.15, -0.1) is 0 Å². The highest BCUT2D eigenvalue weighted by molar-refractivity contribution is 6.30. The number of aromatic nitrogens is 2. The largest absolute Gasteiger partial charge is 0.370 e. The number of rotatable bonds is 8. The molecule has 0 bridgehead atoms. The van der Waals surface area contributed by atoms with Gasteiger partial charge in [0, 0.05) is 18.2 Å². The molecule has 1 aromatic heterocycles. The predicted molar refractivity (Wildman–Crippen MR) is 86.6 cm³/mol. The second kappa shape index (κ2) is 8.42. The number of nitrogens with one attached hydrogen (secondary N) is 1. The molecule has 0 radical (unpaired) electrons. The lowest BCUT2D eigenvalue weighted by Gasteiger charge is -2.20. The summed E-state index contributed by atoms with van der Waals surface area (Å²) in [6.45, 7) is 10.7. The van der Waals surface area contributed by atoms with Gasteiger partial charge in [-0.05, 0) is 46.2 Å². The van der Waals surface area contributed by atoms with E-state index in [0.717, 1.165) is 30.9 Å². The first-order chi connectivity index (χ1) is 9.43. The summed E-state index contributed by atoms with van der Waals surface area (Å²) in [6.07, 6.45) is 3.82. The summed E-state index contributed by atoms with van der Waals surface area (Å²) in [7, 11) is 2.17. The minimum absolute atomic E-state index is 0.318. The first-order valence-corrected chi connectivity index (χ1v) is 7.75. The molecule has 0 fully saturated rings. The molecule has 1 N–H and O–H groups in total. The Morgan fingerprint density at radius 2 is 1.90 bits per heavy atom. The molecule has 20 heavy (non-hydrogen) atoms. The summed E-state index contributed by atoms with van der Waals surface area (Å²) in [5.41, 5.74) is 1.01. The van der Waals surface area contributed by atoms with Gasteiger partial charge in [0.25, 0.3) is 0 Å². The lowest BCUT2D eigenvalue weighted by Crippen LogP contribution is -2.27. The first kappa shape index (κ1) is 17.2. The molecule has 0 unspecified atom stereocenters. The zero-order valence-electron chi connectivity index (χ0n) is 13.3. The smallest absolute Gasteiger partial charge is 0.138 e. The number of nitrogens with zero attached hydrogens (tertiary/aromatic N) is 3. The van der Waals surface area contributed by atoms with Gasteiger partial charge >= 0.3 is 0 Å². The molecular weight excluding hydrogens is 272 g/mol. The van der Waals surface area contributed by atoms with Crippen molar-refractivity contribution < 1.29 is 0 Å². The van der Waals surface area contributed by atoms with E-state index in [9.17, 15) is 0 Å². The van der Waals surface area contributed by atoms with Crippen LogP contribution in [-0.2, 0) is 0 Å². The molecule has 0 saturated heterocycles. The molecule has 0 aliphatic carbocycles. The van der Waals surface area contributed by atoms with Gasteiger partial charge in [-0.2, -0.15) is 0 Å². The molecule has 114 valence electrons. The highest BCUT2D eigenvalue weighted by Crippen LogP contribution is 2.27. The zero-order valence-corrected chi connectivity index (χ0v) is 14.0. The Labute approximate surface area is 127 Å². The topological polar surface area (TPSA) is 41.1 Å². The lowest BCUT2D eigenvalue weighted by atomic mass is 10.1. The van der Waals surface area contributed by atoms with Gasteiger partial charge in [0.1, 0.15) is 17.3 Å². The zero-order chi connectivity index (χ0) is 15.1. The maximum atomic E-state index is 6.14. The Morgan fingerprint density at radius 3 is 2.50 bits per heavy atom. The Kier molecular flexibility index (Phi) is 7.24. The van der Waals surface area contributed by atoms with Crippen molar-refractivity contribution in [2.24, 2.45) is 0 Å². The van der Waals surface area contributed by atoms with Crippen molar-refractivity contribution in [1.82, 2.24) is 14.9 Å². The number of hydrogen-bond acceptors (Lipinski definition) is 4. The fourth-order valence-electron chi connectivity index (χ4n) is 1.98. The molecule has 0 atom stereocenters. The summed E-state index contributed by atoms with van der Waals surface area (Å²) in [4.78, 5) is 10.7. The van der Waals surface area contributed by atoms with Crippen molar-refractivity contribution in [2.45, 2.75) is 52.5 Å². The van der Waals surface area contributed by atoms with Crippen LogP contribution in [0.3, 0.4) is 0 Å². The molecule has 0 aromatic carbocycles. The third kappa shape index (κ3) is 5.25. The SMILES string of the molecule is CC(C)c1c(Cl)ncnc1NCCCCN(C)C(C)C. The molecule has 0 saturated carbocycles. The second-order valence-corrected chi connectivity index (χ2v) is 6.15. The Bertz CT molecular complexity index is 407. The van der Waals surface area contributed by atoms with Crippen LogP contribution in [0.1, 0.15) is 52.0 Å². The standard InChI is InChI=1S/C15H27ClN4/c1-11(2)13-14(16)18-10-19-15(13)17-8-6-7-9-20(5)12(3)4/h10-12H,6-9H2,1-5H3,(H,17,18,19). The minimum atomic E-state index is 0.318. The maximum absolute atomic E-state index is 6.14. The second-order valence-electron chi connectivity index (χ2n) is 5.79. The highest BCUT2D eigenvalue weighted by atomic mass is 35.5. The molecule has 0 aliphatic heterocycles. The lowest BCUT2D eigenvalue weighted by molar-refractivity contribution is 0.269. The van der Waals surface area contributed by atoms with Crippen LogP contribution in [0, 0.1) is 0 Å². The van der Waals surface area contributed by atoms with E-state index in [0.29, 0.717) is 17.1 Å². The Balaban J connectivity index is 2.41.